The second kappa shape index (κ2) is 13.6. The Hall–Kier alpha value is -2.92. The van der Waals surface area contributed by atoms with Crippen LogP contribution in [0.1, 0.15) is 105 Å². The van der Waals surface area contributed by atoms with Gasteiger partial charge in [0.05, 0.1) is 12.2 Å². The molecule has 0 N–H and O–H groups in total. The van der Waals surface area contributed by atoms with Gasteiger partial charge in [0, 0.05) is 19.7 Å². The van der Waals surface area contributed by atoms with Crippen molar-refractivity contribution in [2.75, 3.05) is 32.9 Å². The van der Waals surface area contributed by atoms with E-state index in [2.05, 4.69) is 31.2 Å². The maximum Gasteiger partial charge on any atom is 0.338 e. The van der Waals surface area contributed by atoms with Crippen LogP contribution in [-0.2, 0) is 26.1 Å². The van der Waals surface area contributed by atoms with Gasteiger partial charge in [-0.3, -0.25) is 4.79 Å². The molecule has 1 amide bonds. The Balaban J connectivity index is 1.34. The molecule has 226 valence electrons. The van der Waals surface area contributed by atoms with Gasteiger partial charge in [0.1, 0.15) is 6.61 Å². The summed E-state index contributed by atoms with van der Waals surface area (Å²) in [6.07, 6.45) is 12.4. The lowest BCUT2D eigenvalue weighted by atomic mass is 9.47. The molecule has 42 heavy (non-hydrogen) atoms. The summed E-state index contributed by atoms with van der Waals surface area (Å²) in [4.78, 5) is 26.2. The number of nitrogens with zero attached hydrogens (tertiary/aromatic N) is 1. The summed E-state index contributed by atoms with van der Waals surface area (Å²) in [5, 5.41) is 0. The molecule has 0 atom stereocenters. The summed E-state index contributed by atoms with van der Waals surface area (Å²) in [6, 6.07) is 14.8. The molecule has 0 spiro atoms. The first kappa shape index (κ1) is 30.5. The van der Waals surface area contributed by atoms with Crippen molar-refractivity contribution in [1.29, 1.82) is 0 Å². The van der Waals surface area contributed by atoms with Crippen molar-refractivity contribution in [1.82, 2.24) is 4.90 Å². The first-order chi connectivity index (χ1) is 20.3. The number of esters is 1. The van der Waals surface area contributed by atoms with Crippen molar-refractivity contribution in [2.45, 2.75) is 84.5 Å². The van der Waals surface area contributed by atoms with Crippen LogP contribution < -0.4 is 0 Å². The fraction of sp³-hybridized carbons (Fsp3) is 0.568. The molecular weight excluding hydrogens is 522 g/mol. The van der Waals surface area contributed by atoms with Crippen LogP contribution in [-0.4, -0.2) is 49.7 Å². The molecule has 6 rings (SSSR count). The summed E-state index contributed by atoms with van der Waals surface area (Å²) < 4.78 is 11.0. The molecule has 4 bridgehead atoms. The molecule has 0 radical (unpaired) electrons. The summed E-state index contributed by atoms with van der Waals surface area (Å²) in [5.41, 5.74) is 7.52. The van der Waals surface area contributed by atoms with Crippen LogP contribution >= 0.6 is 0 Å². The zero-order valence-electron chi connectivity index (χ0n) is 26.1. The lowest BCUT2D eigenvalue weighted by molar-refractivity contribution is -0.135. The molecule has 4 aliphatic carbocycles. The van der Waals surface area contributed by atoms with E-state index in [9.17, 15) is 9.59 Å². The number of allylic oxidation sites excluding steroid dienone is 1. The molecule has 4 saturated carbocycles. The van der Waals surface area contributed by atoms with Gasteiger partial charge in [-0.15, -0.1) is 0 Å². The first-order valence-corrected chi connectivity index (χ1v) is 16.3. The van der Waals surface area contributed by atoms with Crippen LogP contribution in [0.4, 0.5) is 0 Å². The van der Waals surface area contributed by atoms with E-state index in [4.69, 9.17) is 9.47 Å². The molecule has 0 unspecified atom stereocenters. The quantitative estimate of drug-likeness (QED) is 0.140. The van der Waals surface area contributed by atoms with Crippen molar-refractivity contribution in [2.24, 2.45) is 17.8 Å². The van der Waals surface area contributed by atoms with Gasteiger partial charge in [0.25, 0.3) is 0 Å². The van der Waals surface area contributed by atoms with Crippen molar-refractivity contribution in [3.63, 3.8) is 0 Å². The van der Waals surface area contributed by atoms with Crippen LogP contribution in [0.5, 0.6) is 0 Å². The number of benzene rings is 2. The van der Waals surface area contributed by atoms with Gasteiger partial charge in [-0.05, 0) is 142 Å². The van der Waals surface area contributed by atoms with E-state index in [0.717, 1.165) is 49.2 Å². The predicted octanol–water partition coefficient (Wildman–Crippen LogP) is 7.71. The van der Waals surface area contributed by atoms with Gasteiger partial charge < -0.3 is 14.4 Å². The number of amides is 1. The summed E-state index contributed by atoms with van der Waals surface area (Å²) >= 11 is 0. The maximum absolute atomic E-state index is 12.3. The van der Waals surface area contributed by atoms with E-state index in [1.807, 2.05) is 49.9 Å². The Morgan fingerprint density at radius 3 is 2.12 bits per heavy atom. The van der Waals surface area contributed by atoms with Crippen LogP contribution in [0.15, 0.2) is 42.5 Å². The topological polar surface area (TPSA) is 55.8 Å². The number of carbonyl (C=O) groups is 2. The highest BCUT2D eigenvalue weighted by Gasteiger charge is 2.52. The largest absolute Gasteiger partial charge is 0.462 e. The minimum atomic E-state index is -0.276. The lowest BCUT2D eigenvalue weighted by Gasteiger charge is -2.57. The van der Waals surface area contributed by atoms with E-state index < -0.39 is 0 Å². The number of ether oxygens (including phenoxy) is 2. The molecule has 4 fully saturated rings. The molecule has 5 heteroatoms. The zero-order valence-corrected chi connectivity index (χ0v) is 26.1. The number of hydrogen-bond acceptors (Lipinski definition) is 4. The third-order valence-corrected chi connectivity index (χ3v) is 10.1. The molecule has 0 aromatic heterocycles. The average molecular weight is 572 g/mol. The van der Waals surface area contributed by atoms with Gasteiger partial charge >= 0.3 is 5.97 Å². The monoisotopic (exact) mass is 571 g/mol. The average Bonchev–Trinajstić information content (AvgIpc) is 2.97. The number of likely N-dealkylation sites (N-methyl/N-ethyl adjacent to an activating group) is 1. The van der Waals surface area contributed by atoms with Crippen LogP contribution in [0.2, 0.25) is 0 Å². The Morgan fingerprint density at radius 1 is 0.905 bits per heavy atom. The number of aryl methyl sites for hydroxylation is 1. The van der Waals surface area contributed by atoms with Gasteiger partial charge in [-0.25, -0.2) is 4.79 Å². The second-order valence-electron chi connectivity index (χ2n) is 13.0. The molecule has 0 heterocycles. The zero-order chi connectivity index (χ0) is 29.7. The van der Waals surface area contributed by atoms with Crippen molar-refractivity contribution in [3.8, 4) is 0 Å². The van der Waals surface area contributed by atoms with Crippen molar-refractivity contribution < 1.29 is 19.1 Å². The molecule has 2 aromatic carbocycles. The number of carbonyl (C=O) groups excluding carboxylic acids is 2. The van der Waals surface area contributed by atoms with Crippen LogP contribution in [0.3, 0.4) is 0 Å². The number of rotatable bonds is 13. The molecule has 0 saturated heterocycles. The Labute approximate surface area is 252 Å². The summed E-state index contributed by atoms with van der Waals surface area (Å²) in [6.45, 7) is 10.7. The number of hydrogen-bond donors (Lipinski definition) is 0. The normalized spacial score (nSPS) is 24.6. The second-order valence-corrected chi connectivity index (χ2v) is 13.0. The molecule has 0 aliphatic heterocycles. The Bertz CT molecular complexity index is 1240. The predicted molar refractivity (Wildman–Crippen MR) is 169 cm³/mol. The van der Waals surface area contributed by atoms with E-state index in [-0.39, 0.29) is 18.5 Å². The fourth-order valence-corrected chi connectivity index (χ4v) is 8.43. The molecule has 5 nitrogen and oxygen atoms in total. The van der Waals surface area contributed by atoms with E-state index in [1.165, 1.54) is 55.2 Å². The standard InChI is InChI=1S/C37H49NO4/c1-5-38(6-2)35(39)25-41-16-8-9-31-14-15-33(26(4)17-27-10-12-32(13-11-27)36(40)42-7-3)21-34(31)37-22-28-18-29(23-37)20-30(19-28)24-37/h10-15,17,21,28-30H,5-9,16,18-20,22-25H2,1-4H3. The van der Waals surface area contributed by atoms with Crippen LogP contribution in [0.25, 0.3) is 11.6 Å². The highest BCUT2D eigenvalue weighted by Crippen LogP contribution is 2.61. The van der Waals surface area contributed by atoms with Gasteiger partial charge in [0.15, 0.2) is 0 Å². The van der Waals surface area contributed by atoms with Crippen molar-refractivity contribution in [3.05, 3.63) is 70.3 Å². The van der Waals surface area contributed by atoms with E-state index >= 15 is 0 Å². The summed E-state index contributed by atoms with van der Waals surface area (Å²) in [7, 11) is 0. The SMILES string of the molecule is CCOC(=O)c1ccc(C=C(C)c2ccc(CCCOCC(=O)N(CC)CC)c(C34CC5CC(CC(C5)C3)C4)c2)cc1. The third-order valence-electron chi connectivity index (χ3n) is 10.1. The third kappa shape index (κ3) is 6.83. The van der Waals surface area contributed by atoms with Gasteiger partial charge in [0.2, 0.25) is 5.91 Å². The minimum Gasteiger partial charge on any atom is -0.462 e. The highest BCUT2D eigenvalue weighted by atomic mass is 16.5. The Kier molecular flexibility index (Phi) is 9.88. The van der Waals surface area contributed by atoms with Crippen molar-refractivity contribution >= 4 is 23.5 Å². The molecule has 2 aromatic rings. The minimum absolute atomic E-state index is 0.0800. The van der Waals surface area contributed by atoms with E-state index in [0.29, 0.717) is 24.2 Å². The first-order valence-electron chi connectivity index (χ1n) is 16.3. The fourth-order valence-electron chi connectivity index (χ4n) is 8.43. The highest BCUT2D eigenvalue weighted by molar-refractivity contribution is 5.90. The molecule has 4 aliphatic rings. The maximum atomic E-state index is 12.3. The van der Waals surface area contributed by atoms with E-state index in [1.54, 1.807) is 5.56 Å². The lowest BCUT2D eigenvalue weighted by Crippen LogP contribution is -2.49. The molecular formula is C37H49NO4. The van der Waals surface area contributed by atoms with Gasteiger partial charge in [-0.2, -0.15) is 0 Å². The van der Waals surface area contributed by atoms with Crippen LogP contribution in [0, 0.1) is 17.8 Å². The Morgan fingerprint density at radius 2 is 1.52 bits per heavy atom. The smallest absolute Gasteiger partial charge is 0.338 e. The summed E-state index contributed by atoms with van der Waals surface area (Å²) in [5.74, 6) is 2.46. The van der Waals surface area contributed by atoms with Gasteiger partial charge in [-0.1, -0.05) is 36.4 Å².